The lowest BCUT2D eigenvalue weighted by Crippen LogP contribution is -2.15. The van der Waals surface area contributed by atoms with Gasteiger partial charge in [0, 0.05) is 21.5 Å². The molecular weight excluding hydrogens is 290 g/mol. The molecule has 0 aliphatic heterocycles. The molecule has 0 spiro atoms. The highest BCUT2D eigenvalue weighted by molar-refractivity contribution is 9.10. The Morgan fingerprint density at radius 1 is 1.39 bits per heavy atom. The van der Waals surface area contributed by atoms with E-state index in [4.69, 9.17) is 4.42 Å². The fourth-order valence-electron chi connectivity index (χ4n) is 2.43. The first-order chi connectivity index (χ1) is 8.65. The Kier molecular flexibility index (Phi) is 3.20. The zero-order chi connectivity index (χ0) is 12.7. The van der Waals surface area contributed by atoms with Crippen LogP contribution in [-0.4, -0.2) is 6.04 Å². The molecule has 0 unspecified atom stereocenters. The van der Waals surface area contributed by atoms with E-state index in [9.17, 15) is 0 Å². The number of hydrogen-bond acceptors (Lipinski definition) is 2. The Balaban J connectivity index is 2.02. The molecule has 1 aromatic heterocycles. The fraction of sp³-hybridized carbons (Fsp3) is 0.467. The van der Waals surface area contributed by atoms with Crippen molar-refractivity contribution in [3.8, 4) is 0 Å². The third kappa shape index (κ3) is 2.34. The van der Waals surface area contributed by atoms with E-state index in [2.05, 4.69) is 41.2 Å². The minimum absolute atomic E-state index is 0.483. The first-order valence-corrected chi connectivity index (χ1v) is 7.38. The second kappa shape index (κ2) is 4.71. The van der Waals surface area contributed by atoms with Crippen LogP contribution in [-0.2, 0) is 6.54 Å². The zero-order valence-electron chi connectivity index (χ0n) is 10.8. The van der Waals surface area contributed by atoms with E-state index in [-0.39, 0.29) is 0 Å². The minimum Gasteiger partial charge on any atom is -0.459 e. The first kappa shape index (κ1) is 12.2. The minimum atomic E-state index is 0.483. The number of rotatable bonds is 4. The Hall–Kier alpha value is -0.800. The number of benzene rings is 1. The summed E-state index contributed by atoms with van der Waals surface area (Å²) >= 11 is 3.54. The largest absolute Gasteiger partial charge is 0.459 e. The predicted octanol–water partition coefficient (Wildman–Crippen LogP) is 4.57. The van der Waals surface area contributed by atoms with Crippen molar-refractivity contribution in [1.29, 1.82) is 0 Å². The van der Waals surface area contributed by atoms with E-state index in [0.29, 0.717) is 12.0 Å². The van der Waals surface area contributed by atoms with Gasteiger partial charge in [-0.3, -0.25) is 0 Å². The first-order valence-electron chi connectivity index (χ1n) is 6.59. The van der Waals surface area contributed by atoms with Crippen LogP contribution in [0, 0.1) is 0 Å². The predicted molar refractivity (Wildman–Crippen MR) is 77.9 cm³/mol. The standard InChI is InChI=1S/C15H18BrNO/c1-9(2)15-12-7-10(16)3-6-13(12)18-14(15)8-17-11-4-5-11/h3,6-7,9,11,17H,4-5,8H2,1-2H3. The van der Waals surface area contributed by atoms with Gasteiger partial charge in [0.1, 0.15) is 11.3 Å². The summed E-state index contributed by atoms with van der Waals surface area (Å²) in [5, 5.41) is 4.78. The van der Waals surface area contributed by atoms with Crippen LogP contribution in [0.15, 0.2) is 27.1 Å². The molecule has 2 nitrogen and oxygen atoms in total. The summed E-state index contributed by atoms with van der Waals surface area (Å²) in [6.07, 6.45) is 2.62. The van der Waals surface area contributed by atoms with Crippen molar-refractivity contribution < 1.29 is 4.42 Å². The molecule has 96 valence electrons. The van der Waals surface area contributed by atoms with E-state index in [1.165, 1.54) is 23.8 Å². The topological polar surface area (TPSA) is 25.2 Å². The highest BCUT2D eigenvalue weighted by Gasteiger charge is 2.23. The Morgan fingerprint density at radius 2 is 2.17 bits per heavy atom. The number of halogens is 1. The van der Waals surface area contributed by atoms with Crippen LogP contribution in [0.3, 0.4) is 0 Å². The second-order valence-corrected chi connectivity index (χ2v) is 6.30. The highest BCUT2D eigenvalue weighted by Crippen LogP contribution is 2.34. The molecule has 1 saturated carbocycles. The van der Waals surface area contributed by atoms with Gasteiger partial charge in [-0.15, -0.1) is 0 Å². The maximum Gasteiger partial charge on any atom is 0.134 e. The normalized spacial score (nSPS) is 15.8. The molecule has 2 aromatic rings. The van der Waals surface area contributed by atoms with Gasteiger partial charge in [-0.05, 0) is 37.0 Å². The molecule has 0 bridgehead atoms. The molecule has 0 atom stereocenters. The van der Waals surface area contributed by atoms with Crippen molar-refractivity contribution in [3.05, 3.63) is 34.0 Å². The van der Waals surface area contributed by atoms with Crippen molar-refractivity contribution in [2.75, 3.05) is 0 Å². The molecule has 1 aromatic carbocycles. The van der Waals surface area contributed by atoms with E-state index >= 15 is 0 Å². The molecule has 1 N–H and O–H groups in total. The number of nitrogens with one attached hydrogen (secondary N) is 1. The molecule has 1 aliphatic rings. The van der Waals surface area contributed by atoms with Gasteiger partial charge in [-0.1, -0.05) is 29.8 Å². The van der Waals surface area contributed by atoms with Gasteiger partial charge in [0.2, 0.25) is 0 Å². The Labute approximate surface area is 116 Å². The summed E-state index contributed by atoms with van der Waals surface area (Å²) in [6.45, 7) is 5.31. The SMILES string of the molecule is CC(C)c1c(CNC2CC2)oc2ccc(Br)cc12. The van der Waals surface area contributed by atoms with Gasteiger partial charge in [0.25, 0.3) is 0 Å². The molecule has 3 heteroatoms. The number of furan rings is 1. The summed E-state index contributed by atoms with van der Waals surface area (Å²) in [7, 11) is 0. The van der Waals surface area contributed by atoms with Crippen LogP contribution >= 0.6 is 15.9 Å². The van der Waals surface area contributed by atoms with Crippen molar-refractivity contribution >= 4 is 26.9 Å². The van der Waals surface area contributed by atoms with Gasteiger partial charge in [-0.25, -0.2) is 0 Å². The number of fused-ring (bicyclic) bond motifs is 1. The summed E-state index contributed by atoms with van der Waals surface area (Å²) in [4.78, 5) is 0. The van der Waals surface area contributed by atoms with Crippen molar-refractivity contribution in [3.63, 3.8) is 0 Å². The van der Waals surface area contributed by atoms with E-state index in [0.717, 1.165) is 22.4 Å². The molecule has 0 radical (unpaired) electrons. The maximum absolute atomic E-state index is 6.01. The second-order valence-electron chi connectivity index (χ2n) is 5.39. The molecule has 1 fully saturated rings. The average Bonchev–Trinajstić information content (AvgIpc) is 3.07. The van der Waals surface area contributed by atoms with Crippen LogP contribution in [0.25, 0.3) is 11.0 Å². The van der Waals surface area contributed by atoms with Gasteiger partial charge in [0.05, 0.1) is 6.54 Å². The third-order valence-corrected chi connectivity index (χ3v) is 3.96. The Morgan fingerprint density at radius 3 is 2.83 bits per heavy atom. The molecule has 0 saturated heterocycles. The number of hydrogen-bond donors (Lipinski definition) is 1. The van der Waals surface area contributed by atoms with Gasteiger partial charge in [0.15, 0.2) is 0 Å². The summed E-state index contributed by atoms with van der Waals surface area (Å²) in [6, 6.07) is 6.96. The van der Waals surface area contributed by atoms with Crippen molar-refractivity contribution in [2.45, 2.75) is 45.2 Å². The van der Waals surface area contributed by atoms with Gasteiger partial charge < -0.3 is 9.73 Å². The molecule has 1 aliphatic carbocycles. The summed E-state index contributed by atoms with van der Waals surface area (Å²) in [5.41, 5.74) is 2.34. The van der Waals surface area contributed by atoms with Crippen molar-refractivity contribution in [2.24, 2.45) is 0 Å². The quantitative estimate of drug-likeness (QED) is 0.895. The average molecular weight is 308 g/mol. The van der Waals surface area contributed by atoms with Crippen LogP contribution < -0.4 is 5.32 Å². The summed E-state index contributed by atoms with van der Waals surface area (Å²) in [5.74, 6) is 1.58. The molecular formula is C15H18BrNO. The molecule has 0 amide bonds. The molecule has 3 rings (SSSR count). The monoisotopic (exact) mass is 307 g/mol. The van der Waals surface area contributed by atoms with Crippen LogP contribution in [0.2, 0.25) is 0 Å². The van der Waals surface area contributed by atoms with E-state index in [1.807, 2.05) is 12.1 Å². The Bertz CT molecular complexity index is 569. The van der Waals surface area contributed by atoms with Gasteiger partial charge >= 0.3 is 0 Å². The van der Waals surface area contributed by atoms with Crippen LogP contribution in [0.5, 0.6) is 0 Å². The third-order valence-electron chi connectivity index (χ3n) is 3.47. The fourth-order valence-corrected chi connectivity index (χ4v) is 2.79. The van der Waals surface area contributed by atoms with E-state index < -0.39 is 0 Å². The van der Waals surface area contributed by atoms with E-state index in [1.54, 1.807) is 0 Å². The zero-order valence-corrected chi connectivity index (χ0v) is 12.4. The van der Waals surface area contributed by atoms with Gasteiger partial charge in [-0.2, -0.15) is 0 Å². The highest BCUT2D eigenvalue weighted by atomic mass is 79.9. The molecule has 1 heterocycles. The molecule has 18 heavy (non-hydrogen) atoms. The van der Waals surface area contributed by atoms with Crippen LogP contribution in [0.1, 0.15) is 43.9 Å². The van der Waals surface area contributed by atoms with Crippen LogP contribution in [0.4, 0.5) is 0 Å². The lowest BCUT2D eigenvalue weighted by Gasteiger charge is -2.07. The maximum atomic E-state index is 6.01. The lowest BCUT2D eigenvalue weighted by molar-refractivity contribution is 0.503. The smallest absolute Gasteiger partial charge is 0.134 e. The van der Waals surface area contributed by atoms with Crippen molar-refractivity contribution in [1.82, 2.24) is 5.32 Å². The lowest BCUT2D eigenvalue weighted by atomic mass is 9.99. The summed E-state index contributed by atoms with van der Waals surface area (Å²) < 4.78 is 7.12.